The molecule has 0 aliphatic rings. The van der Waals surface area contributed by atoms with Gasteiger partial charge in [0, 0.05) is 25.9 Å². The normalized spacial score (nSPS) is 10.9. The maximum Gasteiger partial charge on any atom is 0.274 e. The maximum atomic E-state index is 10.3. The highest BCUT2D eigenvalue weighted by atomic mass is 16.6. The molecule has 0 fully saturated rings. The van der Waals surface area contributed by atoms with Crippen LogP contribution in [0.3, 0.4) is 0 Å². The Hall–Kier alpha value is -2.31. The van der Waals surface area contributed by atoms with E-state index in [0.29, 0.717) is 24.7 Å². The molecule has 18 heavy (non-hydrogen) atoms. The van der Waals surface area contributed by atoms with Crippen LogP contribution in [0.25, 0.3) is 0 Å². The average molecular weight is 252 g/mol. The van der Waals surface area contributed by atoms with Gasteiger partial charge < -0.3 is 15.4 Å². The van der Waals surface area contributed by atoms with E-state index < -0.39 is 4.92 Å². The molecule has 0 aliphatic heterocycles. The quantitative estimate of drug-likeness (QED) is 0.543. The number of pyridine rings is 1. The van der Waals surface area contributed by atoms with Crippen molar-refractivity contribution in [2.45, 2.75) is 6.42 Å². The lowest BCUT2D eigenvalue weighted by atomic mass is 10.2. The largest absolute Gasteiger partial charge is 0.481 e. The topological polar surface area (TPSA) is 89.3 Å². The molecule has 1 aromatic heterocycles. The van der Waals surface area contributed by atoms with Crippen LogP contribution in [0.4, 0.5) is 0 Å². The Morgan fingerprint density at radius 1 is 1.61 bits per heavy atom. The molecule has 0 unspecified atom stereocenters. The van der Waals surface area contributed by atoms with Crippen LogP contribution in [0, 0.1) is 10.1 Å². The van der Waals surface area contributed by atoms with Gasteiger partial charge in [0.1, 0.15) is 0 Å². The lowest BCUT2D eigenvalue weighted by Crippen LogP contribution is -2.26. The molecule has 0 spiro atoms. The minimum Gasteiger partial charge on any atom is -0.481 e. The third-order valence-corrected chi connectivity index (χ3v) is 2.24. The molecule has 0 saturated carbocycles. The predicted molar refractivity (Wildman–Crippen MR) is 66.6 cm³/mol. The van der Waals surface area contributed by atoms with E-state index in [1.807, 2.05) is 6.07 Å². The molecule has 0 saturated heterocycles. The van der Waals surface area contributed by atoms with Crippen LogP contribution in [0.2, 0.25) is 0 Å². The highest BCUT2D eigenvalue weighted by molar-refractivity contribution is 5.18. The summed E-state index contributed by atoms with van der Waals surface area (Å²) in [6.45, 7) is 0.578. The molecular weight excluding hydrogens is 236 g/mol. The Balaban J connectivity index is 2.42. The van der Waals surface area contributed by atoms with E-state index in [1.54, 1.807) is 26.4 Å². The molecule has 0 radical (unpaired) electrons. The smallest absolute Gasteiger partial charge is 0.274 e. The van der Waals surface area contributed by atoms with Crippen LogP contribution in [0.15, 0.2) is 30.4 Å². The number of methoxy groups -OCH3 is 1. The van der Waals surface area contributed by atoms with Crippen LogP contribution < -0.4 is 15.4 Å². The molecule has 0 amide bonds. The highest BCUT2D eigenvalue weighted by Gasteiger charge is 2.00. The van der Waals surface area contributed by atoms with Gasteiger partial charge >= 0.3 is 0 Å². The van der Waals surface area contributed by atoms with Crippen molar-refractivity contribution >= 4 is 0 Å². The minimum atomic E-state index is -0.506. The van der Waals surface area contributed by atoms with Gasteiger partial charge in [-0.05, 0) is 12.0 Å². The number of ether oxygens (including phenoxy) is 1. The fourth-order valence-electron chi connectivity index (χ4n) is 1.33. The summed E-state index contributed by atoms with van der Waals surface area (Å²) < 4.78 is 4.95. The van der Waals surface area contributed by atoms with Gasteiger partial charge in [-0.15, -0.1) is 0 Å². The molecule has 2 N–H and O–H groups in total. The van der Waals surface area contributed by atoms with Gasteiger partial charge in [-0.25, -0.2) is 4.98 Å². The summed E-state index contributed by atoms with van der Waals surface area (Å²) in [6, 6.07) is 3.69. The molecule has 7 heteroatoms. The van der Waals surface area contributed by atoms with Gasteiger partial charge in [0.2, 0.25) is 5.88 Å². The molecule has 1 aromatic rings. The van der Waals surface area contributed by atoms with Gasteiger partial charge in [-0.3, -0.25) is 10.1 Å². The van der Waals surface area contributed by atoms with Gasteiger partial charge in [-0.2, -0.15) is 0 Å². The van der Waals surface area contributed by atoms with Crippen molar-refractivity contribution in [3.8, 4) is 5.88 Å². The molecule has 1 heterocycles. The first kappa shape index (κ1) is 13.8. The predicted octanol–water partition coefficient (Wildman–Crippen LogP) is 0.517. The second-order valence-electron chi connectivity index (χ2n) is 3.46. The Bertz CT molecular complexity index is 417. The van der Waals surface area contributed by atoms with E-state index in [-0.39, 0.29) is 0 Å². The fraction of sp³-hybridized carbons (Fsp3) is 0.364. The van der Waals surface area contributed by atoms with Crippen molar-refractivity contribution < 1.29 is 9.66 Å². The summed E-state index contributed by atoms with van der Waals surface area (Å²) in [5.74, 6) is 0.942. The molecule has 7 nitrogen and oxygen atoms in total. The number of aromatic nitrogens is 1. The first-order valence-electron chi connectivity index (χ1n) is 5.41. The first-order chi connectivity index (χ1) is 8.65. The monoisotopic (exact) mass is 252 g/mol. The Morgan fingerprint density at radius 3 is 2.89 bits per heavy atom. The summed E-state index contributed by atoms with van der Waals surface area (Å²) in [5, 5.41) is 15.9. The van der Waals surface area contributed by atoms with Crippen molar-refractivity contribution in [3.63, 3.8) is 0 Å². The molecule has 98 valence electrons. The van der Waals surface area contributed by atoms with Gasteiger partial charge in [-0.1, -0.05) is 6.07 Å². The van der Waals surface area contributed by atoms with Crippen LogP contribution in [-0.4, -0.2) is 30.6 Å². The van der Waals surface area contributed by atoms with Gasteiger partial charge in [0.15, 0.2) is 5.82 Å². The van der Waals surface area contributed by atoms with Crippen molar-refractivity contribution in [2.24, 2.45) is 0 Å². The van der Waals surface area contributed by atoms with Crippen molar-refractivity contribution in [1.29, 1.82) is 0 Å². The Morgan fingerprint density at radius 2 is 2.39 bits per heavy atom. The van der Waals surface area contributed by atoms with E-state index in [4.69, 9.17) is 4.74 Å². The van der Waals surface area contributed by atoms with E-state index in [9.17, 15) is 10.1 Å². The minimum absolute atomic E-state index is 0.376. The number of nitro groups is 1. The van der Waals surface area contributed by atoms with Crippen LogP contribution in [0.5, 0.6) is 5.88 Å². The third kappa shape index (κ3) is 4.69. The molecule has 0 atom stereocenters. The molecular formula is C11H16N4O3. The summed E-state index contributed by atoms with van der Waals surface area (Å²) in [7, 11) is 3.18. The van der Waals surface area contributed by atoms with Gasteiger partial charge in [0.05, 0.1) is 12.0 Å². The standard InChI is InChI=1S/C11H16N4O3/c1-12-10(8-15(16)17)13-6-5-9-3-4-11(18-2)14-7-9/h3-4,7-8,12-13H,5-6H2,1-2H3/b10-8+. The highest BCUT2D eigenvalue weighted by Crippen LogP contribution is 2.06. The lowest BCUT2D eigenvalue weighted by molar-refractivity contribution is -0.404. The van der Waals surface area contributed by atoms with Crippen molar-refractivity contribution in [2.75, 3.05) is 20.7 Å². The van der Waals surface area contributed by atoms with Crippen LogP contribution in [0.1, 0.15) is 5.56 Å². The van der Waals surface area contributed by atoms with Crippen LogP contribution >= 0.6 is 0 Å². The summed E-state index contributed by atoms with van der Waals surface area (Å²) in [5.41, 5.74) is 1.03. The zero-order chi connectivity index (χ0) is 13.4. The zero-order valence-corrected chi connectivity index (χ0v) is 10.3. The second kappa shape index (κ2) is 7.10. The number of hydrogen-bond donors (Lipinski definition) is 2. The second-order valence-corrected chi connectivity index (χ2v) is 3.46. The van der Waals surface area contributed by atoms with E-state index in [1.165, 1.54) is 0 Å². The molecule has 1 rings (SSSR count). The van der Waals surface area contributed by atoms with Crippen molar-refractivity contribution in [3.05, 3.63) is 46.0 Å². The Labute approximate surface area is 105 Å². The number of hydrogen-bond acceptors (Lipinski definition) is 6. The maximum absolute atomic E-state index is 10.3. The molecule has 0 bridgehead atoms. The number of nitrogens with one attached hydrogen (secondary N) is 2. The molecule has 0 aromatic carbocycles. The van der Waals surface area contributed by atoms with E-state index >= 15 is 0 Å². The fourth-order valence-corrected chi connectivity index (χ4v) is 1.33. The van der Waals surface area contributed by atoms with Gasteiger partial charge in [0.25, 0.3) is 6.20 Å². The van der Waals surface area contributed by atoms with E-state index in [0.717, 1.165) is 11.8 Å². The Kier molecular flexibility index (Phi) is 5.43. The first-order valence-corrected chi connectivity index (χ1v) is 5.41. The lowest BCUT2D eigenvalue weighted by Gasteiger charge is -2.07. The number of rotatable bonds is 7. The van der Waals surface area contributed by atoms with Crippen molar-refractivity contribution in [1.82, 2.24) is 15.6 Å². The third-order valence-electron chi connectivity index (χ3n) is 2.24. The summed E-state index contributed by atoms with van der Waals surface area (Å²) in [6.07, 6.45) is 3.33. The average Bonchev–Trinajstić information content (AvgIpc) is 2.38. The SMILES string of the molecule is CN/C(=C\[N+](=O)[O-])NCCc1ccc(OC)nc1. The summed E-state index contributed by atoms with van der Waals surface area (Å²) in [4.78, 5) is 13.9. The summed E-state index contributed by atoms with van der Waals surface area (Å²) >= 11 is 0. The van der Waals surface area contributed by atoms with Crippen LogP contribution in [-0.2, 0) is 6.42 Å². The molecule has 0 aliphatic carbocycles. The van der Waals surface area contributed by atoms with E-state index in [2.05, 4.69) is 15.6 Å². The zero-order valence-electron chi connectivity index (χ0n) is 10.3. The number of nitrogens with zero attached hydrogens (tertiary/aromatic N) is 2.